The highest BCUT2D eigenvalue weighted by molar-refractivity contribution is 9.10. The van der Waals surface area contributed by atoms with Gasteiger partial charge in [0.25, 0.3) is 5.69 Å². The molecule has 1 heterocycles. The van der Waals surface area contributed by atoms with E-state index in [4.69, 9.17) is 0 Å². The molecule has 0 fully saturated rings. The summed E-state index contributed by atoms with van der Waals surface area (Å²) in [5.41, 5.74) is -0.0210. The zero-order valence-electron chi connectivity index (χ0n) is 7.23. The van der Waals surface area contributed by atoms with Gasteiger partial charge in [-0.15, -0.1) is 0 Å². The molecule has 0 saturated carbocycles. The molecule has 1 aromatic heterocycles. The van der Waals surface area contributed by atoms with Crippen LogP contribution in [0, 0.1) is 10.1 Å². The minimum absolute atomic E-state index is 0.107. The van der Waals surface area contributed by atoms with Crippen LogP contribution in [0.4, 0.5) is 5.69 Å². The van der Waals surface area contributed by atoms with Gasteiger partial charge in [-0.3, -0.25) is 20.0 Å². The van der Waals surface area contributed by atoms with E-state index in [1.165, 1.54) is 18.2 Å². The van der Waals surface area contributed by atoms with Gasteiger partial charge in [-0.25, -0.2) is 0 Å². The third kappa shape index (κ3) is 1.61. The lowest BCUT2D eigenvalue weighted by Gasteiger charge is -1.97. The van der Waals surface area contributed by atoms with E-state index in [-0.39, 0.29) is 21.1 Å². The summed E-state index contributed by atoms with van der Waals surface area (Å²) in [5.74, 6) is 0. The molecular weight excluding hydrogens is 266 g/mol. The van der Waals surface area contributed by atoms with E-state index in [0.717, 1.165) is 0 Å². The molecule has 2 rings (SSSR count). The van der Waals surface area contributed by atoms with Crippen molar-refractivity contribution < 1.29 is 4.92 Å². The molecule has 76 valence electrons. The first-order chi connectivity index (χ1) is 7.09. The number of H-pyrrole nitrogens is 1. The van der Waals surface area contributed by atoms with Crippen molar-refractivity contribution in [2.75, 3.05) is 0 Å². The van der Waals surface area contributed by atoms with Crippen molar-refractivity contribution in [3.05, 3.63) is 43.1 Å². The highest BCUT2D eigenvalue weighted by Crippen LogP contribution is 2.16. The summed E-state index contributed by atoms with van der Waals surface area (Å²) >= 11 is 2.95. The lowest BCUT2D eigenvalue weighted by Crippen LogP contribution is -2.06. The van der Waals surface area contributed by atoms with Gasteiger partial charge in [-0.2, -0.15) is 5.10 Å². The predicted octanol–water partition coefficient (Wildman–Crippen LogP) is 1.59. The van der Waals surface area contributed by atoms with Crippen LogP contribution in [0.3, 0.4) is 0 Å². The first-order valence-corrected chi connectivity index (χ1v) is 4.71. The number of rotatable bonds is 1. The Kier molecular flexibility index (Phi) is 2.24. The second-order valence-corrected chi connectivity index (χ2v) is 3.58. The summed E-state index contributed by atoms with van der Waals surface area (Å²) in [5, 5.41) is 17.0. The molecule has 15 heavy (non-hydrogen) atoms. The number of benzene rings is 1. The molecule has 0 unspecified atom stereocenters. The van der Waals surface area contributed by atoms with E-state index in [0.29, 0.717) is 5.52 Å². The van der Waals surface area contributed by atoms with Crippen LogP contribution in [0.1, 0.15) is 0 Å². The van der Waals surface area contributed by atoms with Crippen molar-refractivity contribution in [2.24, 2.45) is 0 Å². The number of hydrogen-bond donors (Lipinski definition) is 1. The van der Waals surface area contributed by atoms with Gasteiger partial charge in [-0.05, 0) is 22.0 Å². The van der Waals surface area contributed by atoms with Crippen molar-refractivity contribution in [3.8, 4) is 0 Å². The number of nitro benzene ring substituents is 1. The molecule has 0 radical (unpaired) electrons. The van der Waals surface area contributed by atoms with Gasteiger partial charge >= 0.3 is 0 Å². The summed E-state index contributed by atoms with van der Waals surface area (Å²) in [6, 6.07) is 3.99. The summed E-state index contributed by atoms with van der Waals surface area (Å²) in [4.78, 5) is 21.5. The van der Waals surface area contributed by atoms with E-state index in [1.807, 2.05) is 0 Å². The molecule has 0 aliphatic carbocycles. The van der Waals surface area contributed by atoms with E-state index in [2.05, 4.69) is 26.1 Å². The van der Waals surface area contributed by atoms with Crippen molar-refractivity contribution >= 4 is 32.5 Å². The van der Waals surface area contributed by atoms with Crippen LogP contribution in [-0.4, -0.2) is 15.1 Å². The Labute approximate surface area is 91.2 Å². The molecule has 6 nitrogen and oxygen atoms in total. The summed E-state index contributed by atoms with van der Waals surface area (Å²) in [7, 11) is 0. The normalized spacial score (nSPS) is 10.5. The summed E-state index contributed by atoms with van der Waals surface area (Å²) in [6.45, 7) is 0. The zero-order chi connectivity index (χ0) is 11.0. The van der Waals surface area contributed by atoms with Gasteiger partial charge in [0.1, 0.15) is 0 Å². The van der Waals surface area contributed by atoms with Crippen LogP contribution in [0.2, 0.25) is 0 Å². The molecule has 0 spiro atoms. The van der Waals surface area contributed by atoms with E-state index >= 15 is 0 Å². The fraction of sp³-hybridized carbons (Fsp3) is 0. The fourth-order valence-electron chi connectivity index (χ4n) is 1.20. The lowest BCUT2D eigenvalue weighted by molar-refractivity contribution is -0.384. The van der Waals surface area contributed by atoms with Crippen molar-refractivity contribution in [2.45, 2.75) is 0 Å². The number of nitrogens with one attached hydrogen (secondary N) is 1. The topological polar surface area (TPSA) is 88.9 Å². The molecule has 0 aliphatic rings. The Bertz CT molecular complexity index is 608. The number of non-ortho nitro benzene ring substituents is 1. The molecule has 0 aliphatic heterocycles. The molecule has 2 aromatic rings. The fourth-order valence-corrected chi connectivity index (χ4v) is 1.50. The predicted molar refractivity (Wildman–Crippen MR) is 56.7 cm³/mol. The molecule has 1 aromatic carbocycles. The zero-order valence-corrected chi connectivity index (χ0v) is 8.82. The number of nitrogens with zero attached hydrogens (tertiary/aromatic N) is 2. The number of hydrogen-bond acceptors (Lipinski definition) is 4. The van der Waals surface area contributed by atoms with E-state index in [1.54, 1.807) is 0 Å². The number of aromatic nitrogens is 2. The lowest BCUT2D eigenvalue weighted by atomic mass is 10.2. The first kappa shape index (κ1) is 9.78. The first-order valence-electron chi connectivity index (χ1n) is 3.92. The molecule has 0 saturated heterocycles. The molecule has 7 heteroatoms. The Morgan fingerprint density at radius 3 is 2.87 bits per heavy atom. The molecule has 0 atom stereocenters. The Morgan fingerprint density at radius 2 is 2.20 bits per heavy atom. The molecular formula is C8H4BrN3O3. The third-order valence-electron chi connectivity index (χ3n) is 1.92. The second-order valence-electron chi connectivity index (χ2n) is 2.83. The van der Waals surface area contributed by atoms with Gasteiger partial charge in [0.05, 0.1) is 15.8 Å². The minimum atomic E-state index is -0.548. The number of halogens is 1. The Balaban J connectivity index is 2.85. The summed E-state index contributed by atoms with van der Waals surface area (Å²) < 4.78 is 0.107. The second kappa shape index (κ2) is 3.43. The Hall–Kier alpha value is -1.76. The van der Waals surface area contributed by atoms with Crippen LogP contribution in [0.15, 0.2) is 27.6 Å². The molecule has 0 bridgehead atoms. The van der Waals surface area contributed by atoms with Gasteiger partial charge in [0.15, 0.2) is 4.60 Å². The van der Waals surface area contributed by atoms with Gasteiger partial charge in [0.2, 0.25) is 5.43 Å². The maximum absolute atomic E-state index is 11.6. The van der Waals surface area contributed by atoms with Crippen molar-refractivity contribution in [1.82, 2.24) is 10.2 Å². The molecule has 1 N–H and O–H groups in total. The van der Waals surface area contributed by atoms with E-state index in [9.17, 15) is 14.9 Å². The van der Waals surface area contributed by atoms with Crippen LogP contribution < -0.4 is 5.43 Å². The Morgan fingerprint density at radius 1 is 1.47 bits per heavy atom. The number of aromatic amines is 1. The summed E-state index contributed by atoms with van der Waals surface area (Å²) in [6.07, 6.45) is 0. The van der Waals surface area contributed by atoms with Crippen LogP contribution in [0.5, 0.6) is 0 Å². The SMILES string of the molecule is O=c1c(Br)n[nH]c2ccc([N+](=O)[O-])cc12. The van der Waals surface area contributed by atoms with Crippen molar-refractivity contribution in [1.29, 1.82) is 0 Å². The molecule has 0 amide bonds. The minimum Gasteiger partial charge on any atom is -0.286 e. The third-order valence-corrected chi connectivity index (χ3v) is 2.46. The van der Waals surface area contributed by atoms with Gasteiger partial charge in [0, 0.05) is 12.1 Å². The smallest absolute Gasteiger partial charge is 0.270 e. The van der Waals surface area contributed by atoms with Gasteiger partial charge < -0.3 is 0 Å². The van der Waals surface area contributed by atoms with Crippen LogP contribution in [0.25, 0.3) is 10.9 Å². The maximum Gasteiger partial charge on any atom is 0.270 e. The van der Waals surface area contributed by atoms with E-state index < -0.39 is 4.92 Å². The number of fused-ring (bicyclic) bond motifs is 1. The highest BCUT2D eigenvalue weighted by atomic mass is 79.9. The van der Waals surface area contributed by atoms with Crippen LogP contribution in [-0.2, 0) is 0 Å². The average molecular weight is 270 g/mol. The maximum atomic E-state index is 11.6. The highest BCUT2D eigenvalue weighted by Gasteiger charge is 2.10. The monoisotopic (exact) mass is 269 g/mol. The largest absolute Gasteiger partial charge is 0.286 e. The number of nitro groups is 1. The van der Waals surface area contributed by atoms with Crippen molar-refractivity contribution in [3.63, 3.8) is 0 Å². The average Bonchev–Trinajstić information content (AvgIpc) is 2.23. The van der Waals surface area contributed by atoms with Crippen LogP contribution >= 0.6 is 15.9 Å². The standard InChI is InChI=1S/C8H4BrN3O3/c9-8-7(13)5-3-4(12(14)15)1-2-6(5)10-11-8/h1-3H,(H,10,13). The van der Waals surface area contributed by atoms with Gasteiger partial charge in [-0.1, -0.05) is 0 Å². The quantitative estimate of drug-likeness (QED) is 0.629.